The third kappa shape index (κ3) is 8.94. The number of rotatable bonds is 12. The van der Waals surface area contributed by atoms with Crippen molar-refractivity contribution in [1.29, 1.82) is 0 Å². The molecule has 1 atom stereocenters. The average molecular weight is 646 g/mol. The van der Waals surface area contributed by atoms with Gasteiger partial charge in [-0.15, -0.1) is 0 Å². The van der Waals surface area contributed by atoms with Crippen molar-refractivity contribution in [3.63, 3.8) is 0 Å². The maximum atomic E-state index is 14.5. The summed E-state index contributed by atoms with van der Waals surface area (Å²) in [6, 6.07) is 26.6. The van der Waals surface area contributed by atoms with E-state index in [9.17, 15) is 22.4 Å². The Morgan fingerprint density at radius 2 is 1.46 bits per heavy atom. The fourth-order valence-electron chi connectivity index (χ4n) is 4.91. The van der Waals surface area contributed by atoms with E-state index in [2.05, 4.69) is 5.32 Å². The van der Waals surface area contributed by atoms with Crippen LogP contribution in [0, 0.1) is 12.7 Å². The van der Waals surface area contributed by atoms with Gasteiger partial charge in [0.15, 0.2) is 0 Å². The number of ether oxygens (including phenoxy) is 1. The van der Waals surface area contributed by atoms with Crippen LogP contribution in [0.1, 0.15) is 37.5 Å². The molecule has 0 heterocycles. The molecule has 4 aromatic carbocycles. The standard InChI is InChI=1S/C36H40FN3O5S/c1-26-11-13-28(14-12-26)24-39(33(35(42)38-36(2,3)4)23-27-9-7-6-8-10-27)34(41)25-40(30-17-15-29(37)16-18-30)46(43,44)32-21-19-31(45-5)20-22-32/h6-22,33H,23-25H2,1-5H3,(H,38,42)/t33-/m0/s1. The molecule has 0 fully saturated rings. The lowest BCUT2D eigenvalue weighted by Crippen LogP contribution is -2.56. The number of carbonyl (C=O) groups is 2. The summed E-state index contributed by atoms with van der Waals surface area (Å²) >= 11 is 0. The molecule has 242 valence electrons. The molecule has 0 bridgehead atoms. The minimum atomic E-state index is -4.33. The Morgan fingerprint density at radius 3 is 2.02 bits per heavy atom. The highest BCUT2D eigenvalue weighted by atomic mass is 32.2. The van der Waals surface area contributed by atoms with Crippen LogP contribution in [-0.2, 0) is 32.6 Å². The molecular formula is C36H40FN3O5S. The maximum Gasteiger partial charge on any atom is 0.264 e. The lowest BCUT2D eigenvalue weighted by atomic mass is 10.0. The number of aryl methyl sites for hydroxylation is 1. The van der Waals surface area contributed by atoms with Crippen molar-refractivity contribution in [2.75, 3.05) is 18.0 Å². The van der Waals surface area contributed by atoms with E-state index >= 15 is 0 Å². The molecule has 4 rings (SSSR count). The second-order valence-corrected chi connectivity index (χ2v) is 14.0. The van der Waals surface area contributed by atoms with Gasteiger partial charge >= 0.3 is 0 Å². The number of hydrogen-bond donors (Lipinski definition) is 1. The van der Waals surface area contributed by atoms with Gasteiger partial charge in [0.2, 0.25) is 11.8 Å². The summed E-state index contributed by atoms with van der Waals surface area (Å²) < 4.78 is 48.3. The van der Waals surface area contributed by atoms with Crippen molar-refractivity contribution in [1.82, 2.24) is 10.2 Å². The van der Waals surface area contributed by atoms with Crippen molar-refractivity contribution in [3.8, 4) is 5.75 Å². The molecular weight excluding hydrogens is 605 g/mol. The Balaban J connectivity index is 1.81. The summed E-state index contributed by atoms with van der Waals surface area (Å²) in [5.74, 6) is -1.07. The van der Waals surface area contributed by atoms with Crippen LogP contribution in [0.4, 0.5) is 10.1 Å². The van der Waals surface area contributed by atoms with Crippen LogP contribution in [0.25, 0.3) is 0 Å². The van der Waals surface area contributed by atoms with Gasteiger partial charge in [0, 0.05) is 18.5 Å². The number of nitrogens with zero attached hydrogens (tertiary/aromatic N) is 2. The average Bonchev–Trinajstić information content (AvgIpc) is 3.02. The summed E-state index contributed by atoms with van der Waals surface area (Å²) in [6.07, 6.45) is 0.197. The summed E-state index contributed by atoms with van der Waals surface area (Å²) in [6.45, 7) is 6.93. The first-order chi connectivity index (χ1) is 21.8. The highest BCUT2D eigenvalue weighted by Gasteiger charge is 2.35. The van der Waals surface area contributed by atoms with Gasteiger partial charge in [-0.05, 0) is 87.4 Å². The first kappa shape index (κ1) is 34.2. The molecule has 0 aromatic heterocycles. The quantitative estimate of drug-likeness (QED) is 0.207. The van der Waals surface area contributed by atoms with E-state index in [0.29, 0.717) is 5.75 Å². The number of hydrogen-bond acceptors (Lipinski definition) is 5. The highest BCUT2D eigenvalue weighted by Crippen LogP contribution is 2.27. The third-order valence-electron chi connectivity index (χ3n) is 7.28. The number of halogens is 1. The van der Waals surface area contributed by atoms with Gasteiger partial charge in [0.1, 0.15) is 24.2 Å². The molecule has 0 spiro atoms. The molecule has 0 aliphatic carbocycles. The number of amides is 2. The molecule has 0 aliphatic heterocycles. The second-order valence-electron chi connectivity index (χ2n) is 12.1. The lowest BCUT2D eigenvalue weighted by molar-refractivity contribution is -0.140. The predicted octanol–water partition coefficient (Wildman–Crippen LogP) is 5.89. The van der Waals surface area contributed by atoms with Crippen LogP contribution in [0.5, 0.6) is 5.75 Å². The normalized spacial score (nSPS) is 12.2. The SMILES string of the molecule is COc1ccc(S(=O)(=O)N(CC(=O)N(Cc2ccc(C)cc2)[C@@H](Cc2ccccc2)C(=O)NC(C)(C)C)c2ccc(F)cc2)cc1. The lowest BCUT2D eigenvalue weighted by Gasteiger charge is -2.35. The number of carbonyl (C=O) groups excluding carboxylic acids is 2. The van der Waals surface area contributed by atoms with E-state index < -0.39 is 39.9 Å². The molecule has 0 saturated carbocycles. The second kappa shape index (κ2) is 14.6. The fourth-order valence-corrected chi connectivity index (χ4v) is 6.32. The molecule has 8 nitrogen and oxygen atoms in total. The minimum Gasteiger partial charge on any atom is -0.497 e. The molecule has 10 heteroatoms. The minimum absolute atomic E-state index is 0.0496. The number of nitrogens with one attached hydrogen (secondary N) is 1. The summed E-state index contributed by atoms with van der Waals surface area (Å²) in [4.78, 5) is 29.8. The molecule has 2 amide bonds. The predicted molar refractivity (Wildman–Crippen MR) is 177 cm³/mol. The molecule has 0 unspecified atom stereocenters. The van der Waals surface area contributed by atoms with Crippen LogP contribution in [0.2, 0.25) is 0 Å². The number of sulfonamides is 1. The zero-order valence-electron chi connectivity index (χ0n) is 26.7. The molecule has 4 aromatic rings. The molecule has 0 aliphatic rings. The Kier molecular flexibility index (Phi) is 10.8. The molecule has 0 radical (unpaired) electrons. The van der Waals surface area contributed by atoms with E-state index in [1.54, 1.807) is 0 Å². The van der Waals surface area contributed by atoms with Crippen LogP contribution in [-0.4, -0.2) is 50.4 Å². The number of methoxy groups -OCH3 is 1. The van der Waals surface area contributed by atoms with E-state index in [-0.39, 0.29) is 29.5 Å². The van der Waals surface area contributed by atoms with Gasteiger partial charge in [-0.1, -0.05) is 60.2 Å². The Bertz CT molecular complexity index is 1720. The molecule has 0 saturated heterocycles. The summed E-state index contributed by atoms with van der Waals surface area (Å²) in [5.41, 5.74) is 2.13. The molecule has 1 N–H and O–H groups in total. The zero-order valence-corrected chi connectivity index (χ0v) is 27.6. The first-order valence-corrected chi connectivity index (χ1v) is 16.3. The van der Waals surface area contributed by atoms with Gasteiger partial charge in [0.25, 0.3) is 10.0 Å². The summed E-state index contributed by atoms with van der Waals surface area (Å²) in [7, 11) is -2.86. The fraction of sp³-hybridized carbons (Fsp3) is 0.278. The van der Waals surface area contributed by atoms with Gasteiger partial charge in [-0.25, -0.2) is 12.8 Å². The maximum absolute atomic E-state index is 14.5. The van der Waals surface area contributed by atoms with E-state index in [4.69, 9.17) is 4.74 Å². The van der Waals surface area contributed by atoms with Gasteiger partial charge < -0.3 is 15.0 Å². The van der Waals surface area contributed by atoms with Crippen LogP contribution in [0.15, 0.2) is 108 Å². The zero-order chi connectivity index (χ0) is 33.5. The van der Waals surface area contributed by atoms with Crippen molar-refractivity contribution < 1.29 is 27.1 Å². The highest BCUT2D eigenvalue weighted by molar-refractivity contribution is 7.92. The van der Waals surface area contributed by atoms with Crippen LogP contribution in [0.3, 0.4) is 0 Å². The Labute approximate surface area is 270 Å². The van der Waals surface area contributed by atoms with Crippen molar-refractivity contribution in [3.05, 3.63) is 126 Å². The van der Waals surface area contributed by atoms with Crippen molar-refractivity contribution in [2.45, 2.75) is 57.1 Å². The van der Waals surface area contributed by atoms with Crippen LogP contribution >= 0.6 is 0 Å². The first-order valence-electron chi connectivity index (χ1n) is 14.9. The van der Waals surface area contributed by atoms with Crippen molar-refractivity contribution in [2.24, 2.45) is 0 Å². The Morgan fingerprint density at radius 1 is 0.848 bits per heavy atom. The van der Waals surface area contributed by atoms with Crippen molar-refractivity contribution >= 4 is 27.5 Å². The smallest absolute Gasteiger partial charge is 0.264 e. The Hall–Kier alpha value is -4.70. The van der Waals surface area contributed by atoms with Gasteiger partial charge in [-0.2, -0.15) is 0 Å². The monoisotopic (exact) mass is 645 g/mol. The third-order valence-corrected chi connectivity index (χ3v) is 9.07. The largest absolute Gasteiger partial charge is 0.497 e. The topological polar surface area (TPSA) is 96.0 Å². The molecule has 46 heavy (non-hydrogen) atoms. The van der Waals surface area contributed by atoms with E-state index in [0.717, 1.165) is 33.1 Å². The van der Waals surface area contributed by atoms with Gasteiger partial charge in [0.05, 0.1) is 17.7 Å². The van der Waals surface area contributed by atoms with E-state index in [1.807, 2.05) is 82.3 Å². The van der Waals surface area contributed by atoms with Gasteiger partial charge in [-0.3, -0.25) is 13.9 Å². The van der Waals surface area contributed by atoms with E-state index in [1.165, 1.54) is 48.4 Å². The number of anilines is 1. The van der Waals surface area contributed by atoms with Crippen LogP contribution < -0.4 is 14.4 Å². The summed E-state index contributed by atoms with van der Waals surface area (Å²) in [5, 5.41) is 3.01. The number of benzene rings is 4.